The SMILES string of the molecule is O=C(O)CN1CCN(N2CCNCC2c2ccc3c(=O)n(C4CCC(=O)NC4=O)ncc3c2)CC1. The molecule has 2 amide bonds. The molecule has 1 aromatic carbocycles. The van der Waals surface area contributed by atoms with E-state index in [2.05, 4.69) is 25.8 Å². The Bertz CT molecular complexity index is 1210. The number of piperazine rings is 2. The van der Waals surface area contributed by atoms with Crippen LogP contribution >= 0.6 is 0 Å². The van der Waals surface area contributed by atoms with Crippen molar-refractivity contribution < 1.29 is 19.5 Å². The second-order valence-electron chi connectivity index (χ2n) is 9.21. The Balaban J connectivity index is 1.37. The van der Waals surface area contributed by atoms with E-state index in [9.17, 15) is 19.2 Å². The molecule has 4 heterocycles. The second kappa shape index (κ2) is 9.82. The van der Waals surface area contributed by atoms with Gasteiger partial charge in [0.2, 0.25) is 5.91 Å². The molecule has 0 bridgehead atoms. The van der Waals surface area contributed by atoms with E-state index >= 15 is 0 Å². The van der Waals surface area contributed by atoms with Crippen LogP contribution in [0.25, 0.3) is 10.8 Å². The first-order valence-corrected chi connectivity index (χ1v) is 11.9. The van der Waals surface area contributed by atoms with Gasteiger partial charge in [-0.25, -0.2) is 14.7 Å². The number of fused-ring (bicyclic) bond motifs is 1. The zero-order chi connectivity index (χ0) is 24.5. The van der Waals surface area contributed by atoms with Gasteiger partial charge in [-0.1, -0.05) is 6.07 Å². The quantitative estimate of drug-likeness (QED) is 0.451. The third kappa shape index (κ3) is 4.82. The molecule has 0 radical (unpaired) electrons. The Morgan fingerprint density at radius 1 is 1.09 bits per heavy atom. The second-order valence-corrected chi connectivity index (χ2v) is 9.21. The molecule has 5 rings (SSSR count). The third-order valence-electron chi connectivity index (χ3n) is 7.01. The lowest BCUT2D eigenvalue weighted by molar-refractivity contribution is -0.141. The number of carboxylic acid groups (broad SMARTS) is 1. The summed E-state index contributed by atoms with van der Waals surface area (Å²) < 4.78 is 1.18. The van der Waals surface area contributed by atoms with E-state index in [1.54, 1.807) is 12.3 Å². The summed E-state index contributed by atoms with van der Waals surface area (Å²) in [6.45, 7) is 5.42. The van der Waals surface area contributed by atoms with Crippen LogP contribution < -0.4 is 16.2 Å². The highest BCUT2D eigenvalue weighted by Gasteiger charge is 2.32. The number of aromatic nitrogens is 2. The minimum Gasteiger partial charge on any atom is -0.480 e. The van der Waals surface area contributed by atoms with Crippen molar-refractivity contribution in [2.24, 2.45) is 0 Å². The molecule has 2 atom stereocenters. The molecular formula is C23H29N7O5. The van der Waals surface area contributed by atoms with Crippen LogP contribution in [0.2, 0.25) is 0 Å². The summed E-state index contributed by atoms with van der Waals surface area (Å²) in [6.07, 6.45) is 2.04. The minimum absolute atomic E-state index is 0.0624. The van der Waals surface area contributed by atoms with Crippen LogP contribution in [0.4, 0.5) is 0 Å². The number of rotatable bonds is 5. The summed E-state index contributed by atoms with van der Waals surface area (Å²) >= 11 is 0. The summed E-state index contributed by atoms with van der Waals surface area (Å²) in [4.78, 5) is 49.8. The number of carboxylic acids is 1. The number of carbonyl (C=O) groups excluding carboxylic acids is 2. The van der Waals surface area contributed by atoms with Crippen molar-refractivity contribution >= 4 is 28.6 Å². The predicted octanol–water partition coefficient (Wildman–Crippen LogP) is -1.06. The molecule has 12 heteroatoms. The van der Waals surface area contributed by atoms with Gasteiger partial charge in [0.15, 0.2) is 0 Å². The van der Waals surface area contributed by atoms with Crippen LogP contribution in [-0.4, -0.2) is 99.9 Å². The molecule has 0 spiro atoms. The van der Waals surface area contributed by atoms with Gasteiger partial charge in [-0.15, -0.1) is 0 Å². The van der Waals surface area contributed by atoms with Gasteiger partial charge in [0.25, 0.3) is 11.5 Å². The van der Waals surface area contributed by atoms with E-state index in [1.165, 1.54) is 4.68 Å². The molecule has 0 saturated carbocycles. The lowest BCUT2D eigenvalue weighted by atomic mass is 10.0. The van der Waals surface area contributed by atoms with Crippen molar-refractivity contribution in [1.29, 1.82) is 0 Å². The summed E-state index contributed by atoms with van der Waals surface area (Å²) in [7, 11) is 0. The van der Waals surface area contributed by atoms with Gasteiger partial charge < -0.3 is 10.4 Å². The van der Waals surface area contributed by atoms with Gasteiger partial charge in [-0.05, 0) is 24.1 Å². The summed E-state index contributed by atoms with van der Waals surface area (Å²) in [5, 5.41) is 24.9. The topological polar surface area (TPSA) is 140 Å². The highest BCUT2D eigenvalue weighted by molar-refractivity contribution is 5.99. The Morgan fingerprint density at radius 2 is 1.89 bits per heavy atom. The van der Waals surface area contributed by atoms with E-state index in [1.807, 2.05) is 17.0 Å². The average molecular weight is 484 g/mol. The summed E-state index contributed by atoms with van der Waals surface area (Å²) in [6, 6.07) is 4.99. The molecule has 186 valence electrons. The number of aliphatic carboxylic acids is 1. The number of hydrogen-bond donors (Lipinski definition) is 3. The largest absolute Gasteiger partial charge is 0.480 e. The fourth-order valence-electron chi connectivity index (χ4n) is 5.19. The van der Waals surface area contributed by atoms with Crippen molar-refractivity contribution in [2.75, 3.05) is 52.4 Å². The van der Waals surface area contributed by atoms with Gasteiger partial charge >= 0.3 is 5.97 Å². The average Bonchev–Trinajstić information content (AvgIpc) is 2.85. The molecule has 3 saturated heterocycles. The van der Waals surface area contributed by atoms with Crippen molar-refractivity contribution in [3.63, 3.8) is 0 Å². The molecule has 3 aliphatic rings. The van der Waals surface area contributed by atoms with Crippen LogP contribution in [0.15, 0.2) is 29.2 Å². The number of carbonyl (C=O) groups is 3. The number of hydrogen-bond acceptors (Lipinski definition) is 9. The van der Waals surface area contributed by atoms with E-state index in [0.717, 1.165) is 38.3 Å². The monoisotopic (exact) mass is 483 g/mol. The maximum absolute atomic E-state index is 13.1. The van der Waals surface area contributed by atoms with E-state index < -0.39 is 17.9 Å². The Morgan fingerprint density at radius 3 is 2.63 bits per heavy atom. The van der Waals surface area contributed by atoms with E-state index in [4.69, 9.17) is 5.11 Å². The molecule has 2 aromatic rings. The normalized spacial score (nSPS) is 25.0. The van der Waals surface area contributed by atoms with E-state index in [-0.39, 0.29) is 36.9 Å². The lowest BCUT2D eigenvalue weighted by Crippen LogP contribution is -2.59. The molecular weight excluding hydrogens is 454 g/mol. The maximum Gasteiger partial charge on any atom is 0.317 e. The van der Waals surface area contributed by atoms with Crippen LogP contribution in [0, 0.1) is 0 Å². The van der Waals surface area contributed by atoms with Crippen molar-refractivity contribution in [1.82, 2.24) is 35.3 Å². The number of piperidine rings is 1. The third-order valence-corrected chi connectivity index (χ3v) is 7.01. The van der Waals surface area contributed by atoms with Crippen LogP contribution in [-0.2, 0) is 14.4 Å². The van der Waals surface area contributed by atoms with Gasteiger partial charge in [0.05, 0.1) is 24.2 Å². The summed E-state index contributed by atoms with van der Waals surface area (Å²) in [5.74, 6) is -1.64. The molecule has 35 heavy (non-hydrogen) atoms. The highest BCUT2D eigenvalue weighted by Crippen LogP contribution is 2.27. The Labute approximate surface area is 201 Å². The number of nitrogens with zero attached hydrogens (tertiary/aromatic N) is 5. The fraction of sp³-hybridized carbons (Fsp3) is 0.522. The zero-order valence-electron chi connectivity index (χ0n) is 19.4. The number of benzene rings is 1. The molecule has 3 fully saturated rings. The molecule has 3 aliphatic heterocycles. The molecule has 1 aromatic heterocycles. The fourth-order valence-corrected chi connectivity index (χ4v) is 5.19. The standard InChI is InChI=1S/C23H29N7O5/c31-20-4-3-18(22(34)26-20)30-23(35)17-2-1-15(11-16(17)12-25-30)19-13-24-5-6-29(19)28-9-7-27(8-10-28)14-21(32)33/h1-2,11-12,18-19,24H,3-10,13-14H2,(H,32,33)(H,26,31,34). The number of nitrogens with one attached hydrogen (secondary N) is 2. The lowest BCUT2D eigenvalue weighted by Gasteiger charge is -2.46. The van der Waals surface area contributed by atoms with Gasteiger partial charge in [0, 0.05) is 57.6 Å². The number of imide groups is 1. The molecule has 0 aliphatic carbocycles. The van der Waals surface area contributed by atoms with Gasteiger partial charge in [-0.2, -0.15) is 5.10 Å². The van der Waals surface area contributed by atoms with E-state index in [0.29, 0.717) is 23.9 Å². The predicted molar refractivity (Wildman–Crippen MR) is 125 cm³/mol. The van der Waals surface area contributed by atoms with Crippen molar-refractivity contribution in [3.05, 3.63) is 40.3 Å². The maximum atomic E-state index is 13.1. The minimum atomic E-state index is -0.806. The summed E-state index contributed by atoms with van der Waals surface area (Å²) in [5.41, 5.74) is 0.703. The molecule has 3 N–H and O–H groups in total. The first kappa shape index (κ1) is 23.5. The highest BCUT2D eigenvalue weighted by atomic mass is 16.4. The first-order chi connectivity index (χ1) is 16.9. The Hall–Kier alpha value is -3.19. The van der Waals surface area contributed by atoms with Gasteiger partial charge in [0.1, 0.15) is 6.04 Å². The van der Waals surface area contributed by atoms with Crippen molar-refractivity contribution in [2.45, 2.75) is 24.9 Å². The Kier molecular flexibility index (Phi) is 6.60. The van der Waals surface area contributed by atoms with Crippen molar-refractivity contribution in [3.8, 4) is 0 Å². The van der Waals surface area contributed by atoms with Crippen LogP contribution in [0.3, 0.4) is 0 Å². The van der Waals surface area contributed by atoms with Crippen LogP contribution in [0.5, 0.6) is 0 Å². The zero-order valence-corrected chi connectivity index (χ0v) is 19.4. The number of amides is 2. The smallest absolute Gasteiger partial charge is 0.317 e. The number of hydrazine groups is 1. The molecule has 12 nitrogen and oxygen atoms in total. The van der Waals surface area contributed by atoms with Gasteiger partial charge in [-0.3, -0.25) is 29.4 Å². The van der Waals surface area contributed by atoms with Crippen LogP contribution in [0.1, 0.15) is 30.5 Å². The molecule has 2 unspecified atom stereocenters. The first-order valence-electron chi connectivity index (χ1n) is 11.9.